The van der Waals surface area contributed by atoms with Crippen LogP contribution < -0.4 is 0 Å². The van der Waals surface area contributed by atoms with Crippen LogP contribution in [0.25, 0.3) is 10.9 Å². The number of nitrogens with one attached hydrogen (secondary N) is 1. The quantitative estimate of drug-likeness (QED) is 0.790. The number of aromatic nitrogens is 1. The zero-order valence-electron chi connectivity index (χ0n) is 12.9. The molecule has 3 heterocycles. The molecule has 1 N–H and O–H groups in total. The van der Waals surface area contributed by atoms with Gasteiger partial charge in [0.25, 0.3) is 5.91 Å². The molecule has 4 rings (SSSR count). The molecule has 1 fully saturated rings. The summed E-state index contributed by atoms with van der Waals surface area (Å²) in [6.07, 6.45) is 1.88. The average molecular weight is 310 g/mol. The van der Waals surface area contributed by atoms with Gasteiger partial charge in [0.2, 0.25) is 0 Å². The van der Waals surface area contributed by atoms with Gasteiger partial charge in [0.15, 0.2) is 0 Å². The monoisotopic (exact) mass is 310 g/mol. The Hall–Kier alpha value is -2.53. The summed E-state index contributed by atoms with van der Waals surface area (Å²) in [5, 5.41) is 1.04. The second-order valence-corrected chi connectivity index (χ2v) is 5.82. The molecular formula is C18H18N2O3. The van der Waals surface area contributed by atoms with Crippen LogP contribution in [0.15, 0.2) is 47.0 Å². The van der Waals surface area contributed by atoms with E-state index in [0.29, 0.717) is 25.3 Å². The minimum Gasteiger partial charge on any atom is -0.464 e. The number of nitrogens with zero attached hydrogens (tertiary/aromatic N) is 1. The highest BCUT2D eigenvalue weighted by Crippen LogP contribution is 2.28. The topological polar surface area (TPSA) is 58.5 Å². The Bertz CT molecular complexity index is 849. The van der Waals surface area contributed by atoms with Gasteiger partial charge in [0, 0.05) is 29.2 Å². The molecule has 0 saturated carbocycles. The number of hydrogen-bond acceptors (Lipinski definition) is 3. The lowest BCUT2D eigenvalue weighted by Crippen LogP contribution is -2.43. The van der Waals surface area contributed by atoms with Crippen LogP contribution in [0.4, 0.5) is 0 Å². The third-order valence-electron chi connectivity index (χ3n) is 4.28. The fourth-order valence-electron chi connectivity index (χ4n) is 3.07. The third kappa shape index (κ3) is 2.53. The fraction of sp³-hybridized carbons (Fsp3) is 0.278. The van der Waals surface area contributed by atoms with Crippen molar-refractivity contribution in [1.29, 1.82) is 0 Å². The molecule has 5 heteroatoms. The maximum absolute atomic E-state index is 13.0. The molecule has 1 aliphatic heterocycles. The minimum absolute atomic E-state index is 0.00968. The van der Waals surface area contributed by atoms with Gasteiger partial charge in [0.1, 0.15) is 17.6 Å². The normalized spacial score (nSPS) is 18.5. The van der Waals surface area contributed by atoms with Crippen LogP contribution in [0.2, 0.25) is 0 Å². The Balaban J connectivity index is 1.66. The Labute approximate surface area is 133 Å². The SMILES string of the molecule is Cc1ccc([C@@H]2COCCN2C(=O)c2ccc3[nH]ccc3c2)o1. The lowest BCUT2D eigenvalue weighted by atomic mass is 10.1. The molecule has 0 spiro atoms. The van der Waals surface area contributed by atoms with Crippen LogP contribution >= 0.6 is 0 Å². The molecule has 1 aromatic carbocycles. The van der Waals surface area contributed by atoms with Crippen LogP contribution in [-0.4, -0.2) is 35.5 Å². The van der Waals surface area contributed by atoms with E-state index in [1.54, 1.807) is 0 Å². The lowest BCUT2D eigenvalue weighted by molar-refractivity contribution is -0.00894. The molecule has 0 aliphatic carbocycles. The highest BCUT2D eigenvalue weighted by atomic mass is 16.5. The van der Waals surface area contributed by atoms with Crippen molar-refractivity contribution in [3.8, 4) is 0 Å². The van der Waals surface area contributed by atoms with Gasteiger partial charge in [-0.1, -0.05) is 0 Å². The fourth-order valence-corrected chi connectivity index (χ4v) is 3.07. The molecule has 0 unspecified atom stereocenters. The van der Waals surface area contributed by atoms with Crippen molar-refractivity contribution >= 4 is 16.8 Å². The summed E-state index contributed by atoms with van der Waals surface area (Å²) in [5.74, 6) is 1.63. The summed E-state index contributed by atoms with van der Waals surface area (Å²) in [6.45, 7) is 3.48. The summed E-state index contributed by atoms with van der Waals surface area (Å²) < 4.78 is 11.3. The van der Waals surface area contributed by atoms with Crippen LogP contribution in [0.3, 0.4) is 0 Å². The molecule has 1 saturated heterocycles. The van der Waals surface area contributed by atoms with Crippen molar-refractivity contribution in [3.05, 3.63) is 59.7 Å². The first-order chi connectivity index (χ1) is 11.2. The molecule has 1 aliphatic rings. The smallest absolute Gasteiger partial charge is 0.254 e. The van der Waals surface area contributed by atoms with Crippen molar-refractivity contribution < 1.29 is 13.9 Å². The van der Waals surface area contributed by atoms with Crippen molar-refractivity contribution in [2.75, 3.05) is 19.8 Å². The van der Waals surface area contributed by atoms with Gasteiger partial charge in [-0.15, -0.1) is 0 Å². The van der Waals surface area contributed by atoms with Gasteiger partial charge in [-0.2, -0.15) is 0 Å². The second-order valence-electron chi connectivity index (χ2n) is 5.82. The van der Waals surface area contributed by atoms with Crippen molar-refractivity contribution in [2.24, 2.45) is 0 Å². The Morgan fingerprint density at radius 2 is 2.17 bits per heavy atom. The number of rotatable bonds is 2. The van der Waals surface area contributed by atoms with Gasteiger partial charge in [-0.25, -0.2) is 0 Å². The van der Waals surface area contributed by atoms with E-state index >= 15 is 0 Å². The van der Waals surface area contributed by atoms with Gasteiger partial charge in [-0.3, -0.25) is 4.79 Å². The molecule has 23 heavy (non-hydrogen) atoms. The lowest BCUT2D eigenvalue weighted by Gasteiger charge is -2.34. The molecular weight excluding hydrogens is 292 g/mol. The number of hydrogen-bond donors (Lipinski definition) is 1. The summed E-state index contributed by atoms with van der Waals surface area (Å²) in [7, 11) is 0. The predicted molar refractivity (Wildman–Crippen MR) is 86.3 cm³/mol. The largest absolute Gasteiger partial charge is 0.464 e. The first kappa shape index (κ1) is 14.1. The Kier molecular flexibility index (Phi) is 3.42. The standard InChI is InChI=1S/C18H18N2O3/c1-12-2-5-17(23-12)16-11-22-9-8-20(16)18(21)14-3-4-15-13(10-14)6-7-19-15/h2-7,10,16,19H,8-9,11H2,1H3/t16-/m0/s1. The van der Waals surface area contributed by atoms with Crippen molar-refractivity contribution in [1.82, 2.24) is 9.88 Å². The maximum atomic E-state index is 13.0. The zero-order chi connectivity index (χ0) is 15.8. The number of aromatic amines is 1. The van der Waals surface area contributed by atoms with E-state index in [-0.39, 0.29) is 11.9 Å². The van der Waals surface area contributed by atoms with Crippen LogP contribution in [0.1, 0.15) is 27.9 Å². The Morgan fingerprint density at radius 1 is 1.26 bits per heavy atom. The molecule has 118 valence electrons. The summed E-state index contributed by atoms with van der Waals surface area (Å²) in [6, 6.07) is 11.4. The highest BCUT2D eigenvalue weighted by Gasteiger charge is 2.31. The van der Waals surface area contributed by atoms with Crippen molar-refractivity contribution in [2.45, 2.75) is 13.0 Å². The molecule has 5 nitrogen and oxygen atoms in total. The maximum Gasteiger partial charge on any atom is 0.254 e. The first-order valence-electron chi connectivity index (χ1n) is 7.74. The number of morpholine rings is 1. The number of carbonyl (C=O) groups is 1. The Morgan fingerprint density at radius 3 is 3.00 bits per heavy atom. The number of benzene rings is 1. The number of fused-ring (bicyclic) bond motifs is 1. The molecule has 3 aromatic rings. The van der Waals surface area contributed by atoms with E-state index in [4.69, 9.17) is 9.15 Å². The molecule has 2 aromatic heterocycles. The number of furan rings is 1. The zero-order valence-corrected chi connectivity index (χ0v) is 12.9. The van der Waals surface area contributed by atoms with E-state index < -0.39 is 0 Å². The number of carbonyl (C=O) groups excluding carboxylic acids is 1. The van der Waals surface area contributed by atoms with Crippen LogP contribution in [0.5, 0.6) is 0 Å². The van der Waals surface area contributed by atoms with Crippen LogP contribution in [-0.2, 0) is 4.74 Å². The van der Waals surface area contributed by atoms with Gasteiger partial charge in [-0.05, 0) is 43.3 Å². The van der Waals surface area contributed by atoms with E-state index in [2.05, 4.69) is 4.98 Å². The van der Waals surface area contributed by atoms with E-state index in [1.165, 1.54) is 0 Å². The van der Waals surface area contributed by atoms with Crippen molar-refractivity contribution in [3.63, 3.8) is 0 Å². The van der Waals surface area contributed by atoms with E-state index in [9.17, 15) is 4.79 Å². The van der Waals surface area contributed by atoms with E-state index in [1.807, 2.05) is 54.4 Å². The molecule has 0 radical (unpaired) electrons. The molecule has 0 bridgehead atoms. The molecule has 1 atom stereocenters. The van der Waals surface area contributed by atoms with Gasteiger partial charge in [0.05, 0.1) is 13.2 Å². The third-order valence-corrected chi connectivity index (χ3v) is 4.28. The number of aryl methyl sites for hydroxylation is 1. The predicted octanol–water partition coefficient (Wildman–Crippen LogP) is 3.28. The average Bonchev–Trinajstić information content (AvgIpc) is 3.22. The summed E-state index contributed by atoms with van der Waals surface area (Å²) >= 11 is 0. The van der Waals surface area contributed by atoms with Gasteiger partial charge < -0.3 is 19.0 Å². The summed E-state index contributed by atoms with van der Waals surface area (Å²) in [5.41, 5.74) is 1.72. The van der Waals surface area contributed by atoms with Gasteiger partial charge >= 0.3 is 0 Å². The van der Waals surface area contributed by atoms with Crippen LogP contribution in [0, 0.1) is 6.92 Å². The highest BCUT2D eigenvalue weighted by molar-refractivity contribution is 5.98. The summed E-state index contributed by atoms with van der Waals surface area (Å²) in [4.78, 5) is 18.0. The second kappa shape index (κ2) is 5.59. The minimum atomic E-state index is -0.174. The number of amides is 1. The number of ether oxygens (including phenoxy) is 1. The first-order valence-corrected chi connectivity index (χ1v) is 7.74. The molecule has 1 amide bonds. The van der Waals surface area contributed by atoms with E-state index in [0.717, 1.165) is 22.4 Å². The number of H-pyrrole nitrogens is 1.